The van der Waals surface area contributed by atoms with Crippen molar-refractivity contribution in [2.45, 2.75) is 45.6 Å². The second-order valence-corrected chi connectivity index (χ2v) is 6.05. The molecule has 0 unspecified atom stereocenters. The maximum absolute atomic E-state index is 11.4. The number of anilines is 1. The highest BCUT2D eigenvalue weighted by Crippen LogP contribution is 2.29. The summed E-state index contributed by atoms with van der Waals surface area (Å²) in [6.07, 6.45) is 2.90. The van der Waals surface area contributed by atoms with Crippen LogP contribution in [0.5, 0.6) is 0 Å². The van der Waals surface area contributed by atoms with Gasteiger partial charge < -0.3 is 10.0 Å². The maximum atomic E-state index is 11.4. The van der Waals surface area contributed by atoms with Crippen LogP contribution in [0.4, 0.5) is 5.69 Å². The molecule has 1 aliphatic rings. The number of carbonyl (C=O) groups excluding carboxylic acids is 1. The van der Waals surface area contributed by atoms with Crippen LogP contribution in [0.2, 0.25) is 0 Å². The first kappa shape index (κ1) is 14.1. The summed E-state index contributed by atoms with van der Waals surface area (Å²) < 4.78 is 0. The summed E-state index contributed by atoms with van der Waals surface area (Å²) in [5.41, 5.74) is 2.65. The predicted molar refractivity (Wildman–Crippen MR) is 77.9 cm³/mol. The molecule has 0 amide bonds. The summed E-state index contributed by atoms with van der Waals surface area (Å²) in [6, 6.07) is 5.98. The Balaban J connectivity index is 2.18. The zero-order valence-corrected chi connectivity index (χ0v) is 12.1. The Morgan fingerprint density at radius 1 is 1.42 bits per heavy atom. The second kappa shape index (κ2) is 5.33. The summed E-state index contributed by atoms with van der Waals surface area (Å²) in [7, 11) is 0. The third-order valence-electron chi connectivity index (χ3n) is 3.69. The number of ketones is 1. The van der Waals surface area contributed by atoms with Gasteiger partial charge in [-0.3, -0.25) is 4.79 Å². The smallest absolute Gasteiger partial charge is 0.159 e. The van der Waals surface area contributed by atoms with Gasteiger partial charge in [-0.05, 0) is 63.8 Å². The first-order chi connectivity index (χ1) is 8.87. The molecular formula is C16H23NO2. The topological polar surface area (TPSA) is 40.5 Å². The Bertz CT molecular complexity index is 474. The van der Waals surface area contributed by atoms with E-state index in [0.29, 0.717) is 0 Å². The molecule has 0 aliphatic carbocycles. The van der Waals surface area contributed by atoms with Crippen LogP contribution >= 0.6 is 0 Å². The number of rotatable bonds is 4. The van der Waals surface area contributed by atoms with Gasteiger partial charge in [0.2, 0.25) is 0 Å². The minimum Gasteiger partial charge on any atom is -0.390 e. The van der Waals surface area contributed by atoms with Crippen molar-refractivity contribution >= 4 is 11.5 Å². The van der Waals surface area contributed by atoms with E-state index in [1.807, 2.05) is 26.0 Å². The number of aryl methyl sites for hydroxylation is 1. The molecule has 0 saturated carbocycles. The largest absolute Gasteiger partial charge is 0.390 e. The van der Waals surface area contributed by atoms with E-state index in [2.05, 4.69) is 11.0 Å². The standard InChI is InChI=1S/C16H23NO2/c1-12(18)13-6-7-15-14(11-13)5-4-9-17(15)10-8-16(2,3)19/h6-7,11,19H,4-5,8-10H2,1-3H3. The lowest BCUT2D eigenvalue weighted by molar-refractivity contribution is 0.0730. The average Bonchev–Trinajstić information content (AvgIpc) is 2.34. The van der Waals surface area contributed by atoms with Crippen LogP contribution in [0, 0.1) is 0 Å². The zero-order valence-electron chi connectivity index (χ0n) is 12.1. The molecule has 0 atom stereocenters. The van der Waals surface area contributed by atoms with E-state index >= 15 is 0 Å². The molecule has 1 aromatic rings. The number of fused-ring (bicyclic) bond motifs is 1. The van der Waals surface area contributed by atoms with Gasteiger partial charge in [-0.25, -0.2) is 0 Å². The summed E-state index contributed by atoms with van der Waals surface area (Å²) in [5, 5.41) is 9.84. The molecule has 0 aromatic heterocycles. The molecule has 1 aliphatic heterocycles. The maximum Gasteiger partial charge on any atom is 0.159 e. The molecule has 1 N–H and O–H groups in total. The van der Waals surface area contributed by atoms with Crippen LogP contribution in [-0.4, -0.2) is 29.6 Å². The first-order valence-corrected chi connectivity index (χ1v) is 6.98. The molecule has 104 valence electrons. The van der Waals surface area contributed by atoms with Crippen molar-refractivity contribution in [3.63, 3.8) is 0 Å². The van der Waals surface area contributed by atoms with Crippen molar-refractivity contribution in [3.8, 4) is 0 Å². The van der Waals surface area contributed by atoms with Gasteiger partial charge in [0, 0.05) is 24.3 Å². The van der Waals surface area contributed by atoms with Crippen LogP contribution in [0.15, 0.2) is 18.2 Å². The van der Waals surface area contributed by atoms with E-state index in [1.54, 1.807) is 6.92 Å². The van der Waals surface area contributed by atoms with Crippen LogP contribution in [0.25, 0.3) is 0 Å². The van der Waals surface area contributed by atoms with E-state index in [-0.39, 0.29) is 5.78 Å². The van der Waals surface area contributed by atoms with Gasteiger partial charge in [0.25, 0.3) is 0 Å². The van der Waals surface area contributed by atoms with Gasteiger partial charge >= 0.3 is 0 Å². The molecule has 0 radical (unpaired) electrons. The van der Waals surface area contributed by atoms with Crippen LogP contribution in [-0.2, 0) is 6.42 Å². The van der Waals surface area contributed by atoms with Crippen LogP contribution in [0.1, 0.15) is 49.5 Å². The van der Waals surface area contributed by atoms with E-state index in [9.17, 15) is 9.90 Å². The molecule has 1 heterocycles. The van der Waals surface area contributed by atoms with Crippen LogP contribution in [0.3, 0.4) is 0 Å². The fourth-order valence-corrected chi connectivity index (χ4v) is 2.53. The van der Waals surface area contributed by atoms with Gasteiger partial charge in [-0.2, -0.15) is 0 Å². The molecule has 1 aromatic carbocycles. The number of hydrogen-bond acceptors (Lipinski definition) is 3. The number of hydrogen-bond donors (Lipinski definition) is 1. The summed E-state index contributed by atoms with van der Waals surface area (Å²) in [5.74, 6) is 0.122. The molecule has 0 fully saturated rings. The lowest BCUT2D eigenvalue weighted by Crippen LogP contribution is -2.34. The van der Waals surface area contributed by atoms with Crippen LogP contribution < -0.4 is 4.90 Å². The lowest BCUT2D eigenvalue weighted by atomic mass is 9.97. The molecule has 2 rings (SSSR count). The van der Waals surface area contributed by atoms with E-state index < -0.39 is 5.60 Å². The Labute approximate surface area is 115 Å². The van der Waals surface area contributed by atoms with Crippen molar-refractivity contribution in [2.24, 2.45) is 0 Å². The minimum absolute atomic E-state index is 0.122. The normalized spacial score (nSPS) is 15.3. The van der Waals surface area contributed by atoms with Crippen molar-refractivity contribution in [3.05, 3.63) is 29.3 Å². The Hall–Kier alpha value is -1.35. The summed E-state index contributed by atoms with van der Waals surface area (Å²) in [4.78, 5) is 13.7. The van der Waals surface area contributed by atoms with Gasteiger partial charge in [-0.15, -0.1) is 0 Å². The molecule has 0 saturated heterocycles. The Kier molecular flexibility index (Phi) is 3.95. The monoisotopic (exact) mass is 261 g/mol. The SMILES string of the molecule is CC(=O)c1ccc2c(c1)CCCN2CCC(C)(C)O. The lowest BCUT2D eigenvalue weighted by Gasteiger charge is -2.33. The summed E-state index contributed by atoms with van der Waals surface area (Å²) >= 11 is 0. The quantitative estimate of drug-likeness (QED) is 0.847. The third-order valence-corrected chi connectivity index (χ3v) is 3.69. The Morgan fingerprint density at radius 2 is 2.16 bits per heavy atom. The van der Waals surface area contributed by atoms with Crippen molar-refractivity contribution in [1.82, 2.24) is 0 Å². The van der Waals surface area contributed by atoms with Gasteiger partial charge in [0.1, 0.15) is 0 Å². The number of Topliss-reactive ketones (excluding diaryl/α,β-unsaturated/α-hetero) is 1. The molecule has 3 heteroatoms. The highest BCUT2D eigenvalue weighted by Gasteiger charge is 2.20. The number of benzene rings is 1. The fraction of sp³-hybridized carbons (Fsp3) is 0.562. The van der Waals surface area contributed by atoms with Crippen molar-refractivity contribution in [2.75, 3.05) is 18.0 Å². The summed E-state index contributed by atoms with van der Waals surface area (Å²) in [6.45, 7) is 7.18. The third kappa shape index (κ3) is 3.57. The highest BCUT2D eigenvalue weighted by molar-refractivity contribution is 5.94. The molecule has 3 nitrogen and oxygen atoms in total. The molecule has 0 spiro atoms. The highest BCUT2D eigenvalue weighted by atomic mass is 16.3. The first-order valence-electron chi connectivity index (χ1n) is 6.98. The zero-order chi connectivity index (χ0) is 14.0. The number of carbonyl (C=O) groups is 1. The Morgan fingerprint density at radius 3 is 2.79 bits per heavy atom. The van der Waals surface area contributed by atoms with Crippen molar-refractivity contribution in [1.29, 1.82) is 0 Å². The fourth-order valence-electron chi connectivity index (χ4n) is 2.53. The predicted octanol–water partition coefficient (Wildman–Crippen LogP) is 2.80. The second-order valence-electron chi connectivity index (χ2n) is 6.05. The molecule has 19 heavy (non-hydrogen) atoms. The molecular weight excluding hydrogens is 238 g/mol. The van der Waals surface area contributed by atoms with E-state index in [4.69, 9.17) is 0 Å². The van der Waals surface area contributed by atoms with Crippen molar-refractivity contribution < 1.29 is 9.90 Å². The van der Waals surface area contributed by atoms with E-state index in [1.165, 1.54) is 11.3 Å². The average molecular weight is 261 g/mol. The number of aliphatic hydroxyl groups is 1. The van der Waals surface area contributed by atoms with Gasteiger partial charge in [0.05, 0.1) is 5.60 Å². The van der Waals surface area contributed by atoms with Gasteiger partial charge in [0.15, 0.2) is 5.78 Å². The van der Waals surface area contributed by atoms with Gasteiger partial charge in [-0.1, -0.05) is 0 Å². The minimum atomic E-state index is -0.628. The number of nitrogens with zero attached hydrogens (tertiary/aromatic N) is 1. The molecule has 0 bridgehead atoms. The van der Waals surface area contributed by atoms with E-state index in [0.717, 1.165) is 37.9 Å².